The van der Waals surface area contributed by atoms with Crippen LogP contribution in [-0.2, 0) is 136 Å². The summed E-state index contributed by atoms with van der Waals surface area (Å²) in [4.78, 5) is 3.66. The maximum Gasteiger partial charge on any atom is 0.474 e. The van der Waals surface area contributed by atoms with E-state index in [0.717, 1.165) is 24.3 Å². The monoisotopic (exact) mass is 822 g/mol. The normalized spacial score (nSPS) is 18.9. The Hall–Kier alpha value is 0.696. The third kappa shape index (κ3) is 28.6. The maximum atomic E-state index is 4.78. The van der Waals surface area contributed by atoms with Crippen LogP contribution in [0.4, 0.5) is 0 Å². The van der Waals surface area contributed by atoms with Gasteiger partial charge >= 0.3 is 12.5 Å². The minimum atomic E-state index is 0. The Bertz CT molecular complexity index is 881. The molecule has 39 heavy (non-hydrogen) atoms. The van der Waals surface area contributed by atoms with Crippen molar-refractivity contribution in [3.63, 3.8) is 0 Å². The predicted octanol–water partition coefficient (Wildman–Crippen LogP) is 5.99. The molecule has 0 aromatic rings. The van der Waals surface area contributed by atoms with Crippen molar-refractivity contribution in [2.75, 3.05) is 13.2 Å². The Morgan fingerprint density at radius 1 is 0.949 bits per heavy atom. The molecule has 2 N–H and O–H groups in total. The van der Waals surface area contributed by atoms with Crippen molar-refractivity contribution in [2.45, 2.75) is 41.5 Å². The van der Waals surface area contributed by atoms with Gasteiger partial charge in [-0.15, -0.1) is 10.6 Å². The molecule has 0 aromatic carbocycles. The Morgan fingerprint density at radius 2 is 1.67 bits per heavy atom. The van der Waals surface area contributed by atoms with E-state index in [1.807, 2.05) is 44.2 Å². The molecule has 4 aliphatic heterocycles. The maximum absolute atomic E-state index is 4.78. The molecule has 0 fully saturated rings. The van der Waals surface area contributed by atoms with Crippen LogP contribution in [0, 0.1) is 61.7 Å². The summed E-state index contributed by atoms with van der Waals surface area (Å²) in [5, 5.41) is 5.63. The second-order valence-corrected chi connectivity index (χ2v) is 8.07. The first kappa shape index (κ1) is 46.6. The molecule has 0 saturated carbocycles. The topological polar surface area (TPSA) is 45.7 Å². The molecule has 2 unspecified atom stereocenters. The van der Waals surface area contributed by atoms with Gasteiger partial charge in [0.05, 0.1) is 35.8 Å². The number of ether oxygens (including phenoxy) is 1. The van der Waals surface area contributed by atoms with Crippen LogP contribution in [0.3, 0.4) is 0 Å². The van der Waals surface area contributed by atoms with Gasteiger partial charge in [-0.1, -0.05) is 38.3 Å². The summed E-state index contributed by atoms with van der Waals surface area (Å²) < 4.78 is 4.78. The standard InChI is InChI=1S/C8H9.C6H9N.C6H5N.C6H8O.C5H5N.4Y/c1-7-5-3-4-6-8(7)2;3*1-6-2-4-7-5-3-6;1-5-2-3-6-4-5;;;;/h3,5-6H,1-2H3;2-3,6-7H,4H2,1H3;2,5H,1H3;2-3,6H,4H2,1H3;2,6H,1H3;;;;/q+1;;;;;;;;. The van der Waals surface area contributed by atoms with Crippen molar-refractivity contribution in [1.29, 1.82) is 0 Å². The SMILES string of the molecule is CC1=C(C)C=C[C+]=C1.CC1=C[C+]=NC=[C-]1.CC1=[C-]N[C+]=C1.CC1C=[C+]NC[CH-]1.CC1C=[C+]OC[CH-]1.[Y].[Y].[Y].[Y]. The average molecular weight is 822 g/mol. The summed E-state index contributed by atoms with van der Waals surface area (Å²) >= 11 is 0. The van der Waals surface area contributed by atoms with Crippen LogP contribution in [0.5, 0.6) is 0 Å². The largest absolute Gasteiger partial charge is 0.474 e. The zero-order valence-electron chi connectivity index (χ0n) is 24.0. The van der Waals surface area contributed by atoms with Crippen LogP contribution < -0.4 is 10.6 Å². The number of aliphatic imine (C=N–C) groups is 1. The molecule has 0 aromatic heterocycles. The van der Waals surface area contributed by atoms with Crippen LogP contribution in [0.1, 0.15) is 41.5 Å². The number of hydrogen-bond acceptors (Lipinski definition) is 4. The van der Waals surface area contributed by atoms with Crippen LogP contribution in [0.2, 0.25) is 0 Å². The van der Waals surface area contributed by atoms with Gasteiger partial charge in [-0.25, -0.2) is 5.32 Å². The second-order valence-electron chi connectivity index (χ2n) is 8.07. The minimum Gasteiger partial charge on any atom is -0.319 e. The Morgan fingerprint density at radius 3 is 1.92 bits per heavy atom. The van der Waals surface area contributed by atoms with Gasteiger partial charge in [0.2, 0.25) is 0 Å². The molecular formula is C31H36N3OY4+. The third-order valence-electron chi connectivity index (χ3n) is 4.69. The van der Waals surface area contributed by atoms with Gasteiger partial charge in [0, 0.05) is 157 Å². The summed E-state index contributed by atoms with van der Waals surface area (Å²) in [6, 6.07) is 0. The number of nitrogens with zero attached hydrogens (tertiary/aromatic N) is 1. The van der Waals surface area contributed by atoms with Crippen molar-refractivity contribution in [3.8, 4) is 0 Å². The molecule has 4 heterocycles. The van der Waals surface area contributed by atoms with Gasteiger partial charge in [-0.2, -0.15) is 0 Å². The van der Waals surface area contributed by atoms with Crippen molar-refractivity contribution in [3.05, 3.63) is 121 Å². The van der Waals surface area contributed by atoms with E-state index in [2.05, 4.69) is 105 Å². The van der Waals surface area contributed by atoms with E-state index in [0.29, 0.717) is 11.8 Å². The van der Waals surface area contributed by atoms with E-state index in [-0.39, 0.29) is 131 Å². The number of hydrogen-bond donors (Lipinski definition) is 2. The molecule has 5 aliphatic rings. The molecule has 0 spiro atoms. The molecular weight excluding hydrogens is 786 g/mol. The van der Waals surface area contributed by atoms with Crippen LogP contribution in [-0.4, -0.2) is 19.4 Å². The molecule has 1 aliphatic carbocycles. The summed E-state index contributed by atoms with van der Waals surface area (Å²) in [6.07, 6.45) is 39.2. The molecule has 0 saturated heterocycles. The van der Waals surface area contributed by atoms with Crippen molar-refractivity contribution >= 4 is 6.21 Å². The van der Waals surface area contributed by atoms with Crippen LogP contribution in [0.25, 0.3) is 0 Å². The van der Waals surface area contributed by atoms with Crippen LogP contribution in [0.15, 0.2) is 76.0 Å². The first-order valence-electron chi connectivity index (χ1n) is 11.6. The van der Waals surface area contributed by atoms with E-state index in [1.165, 1.54) is 11.1 Å². The van der Waals surface area contributed by atoms with Gasteiger partial charge < -0.3 is 10.1 Å². The van der Waals surface area contributed by atoms with E-state index >= 15 is 0 Å². The van der Waals surface area contributed by atoms with Gasteiger partial charge in [-0.3, -0.25) is 12.8 Å². The average Bonchev–Trinajstić information content (AvgIpc) is 3.35. The fraction of sp³-hybridized carbons (Fsp3) is 0.323. The van der Waals surface area contributed by atoms with Gasteiger partial charge in [0.1, 0.15) is 12.2 Å². The van der Waals surface area contributed by atoms with Crippen molar-refractivity contribution in [2.24, 2.45) is 16.8 Å². The minimum absolute atomic E-state index is 0. The third-order valence-corrected chi connectivity index (χ3v) is 4.69. The summed E-state index contributed by atoms with van der Waals surface area (Å²) in [5.74, 6) is 1.16. The van der Waals surface area contributed by atoms with E-state index in [1.54, 1.807) is 12.3 Å². The number of nitrogens with one attached hydrogen (secondary N) is 2. The fourth-order valence-electron chi connectivity index (χ4n) is 2.29. The molecule has 192 valence electrons. The Labute approximate surface area is 339 Å². The molecule has 4 radical (unpaired) electrons. The smallest absolute Gasteiger partial charge is 0.319 e. The first-order chi connectivity index (χ1) is 16.9. The second kappa shape index (κ2) is 31.6. The number of rotatable bonds is 0. The molecule has 0 bridgehead atoms. The fourth-order valence-corrected chi connectivity index (χ4v) is 2.29. The molecule has 8 heteroatoms. The van der Waals surface area contributed by atoms with Crippen LogP contribution >= 0.6 is 0 Å². The summed E-state index contributed by atoms with van der Waals surface area (Å²) in [7, 11) is 0. The van der Waals surface area contributed by atoms with Gasteiger partial charge in [0.25, 0.3) is 0 Å². The zero-order valence-corrected chi connectivity index (χ0v) is 35.4. The Balaban J connectivity index is -0.000000192. The van der Waals surface area contributed by atoms with Gasteiger partial charge in [0.15, 0.2) is 12.2 Å². The van der Waals surface area contributed by atoms with Crippen molar-refractivity contribution in [1.82, 2.24) is 10.6 Å². The summed E-state index contributed by atoms with van der Waals surface area (Å²) in [5.41, 5.74) is 4.83. The van der Waals surface area contributed by atoms with E-state index in [4.69, 9.17) is 4.74 Å². The molecule has 2 atom stereocenters. The first-order valence-corrected chi connectivity index (χ1v) is 11.6. The zero-order chi connectivity index (χ0) is 25.7. The molecule has 4 nitrogen and oxygen atoms in total. The van der Waals surface area contributed by atoms with Gasteiger partial charge in [-0.05, 0) is 38.6 Å². The molecule has 0 amide bonds. The Kier molecular flexibility index (Phi) is 37.8. The van der Waals surface area contributed by atoms with E-state index < -0.39 is 0 Å². The number of allylic oxidation sites excluding steroid dienone is 13. The summed E-state index contributed by atoms with van der Waals surface area (Å²) in [6.45, 7) is 14.1. The van der Waals surface area contributed by atoms with Crippen molar-refractivity contribution < 1.29 is 136 Å². The molecule has 5 rings (SSSR count). The quantitative estimate of drug-likeness (QED) is 0.296. The van der Waals surface area contributed by atoms with E-state index in [9.17, 15) is 0 Å². The predicted molar refractivity (Wildman–Crippen MR) is 144 cm³/mol.